The van der Waals surface area contributed by atoms with Gasteiger partial charge in [0.2, 0.25) is 0 Å². The third kappa shape index (κ3) is 3.23. The zero-order valence-electron chi connectivity index (χ0n) is 16.6. The molecule has 0 fully saturated rings. The summed E-state index contributed by atoms with van der Waals surface area (Å²) in [5.74, 6) is 1.52. The van der Waals surface area contributed by atoms with Crippen molar-refractivity contribution in [3.05, 3.63) is 103 Å². The largest absolute Gasteiger partial charge is 0.222 e. The standard InChI is InChI=1S/C26H18N4S/c1-2-10-19(11-3-1)24-28-25-22-15-6-7-16-23(22)27-26(30(25)29-24)31-17-20-13-8-12-18-9-4-5-14-21(18)20/h1-16H,17H2. The van der Waals surface area contributed by atoms with Crippen molar-refractivity contribution < 1.29 is 0 Å². The predicted molar refractivity (Wildman–Crippen MR) is 127 cm³/mol. The number of benzene rings is 4. The molecule has 0 aliphatic rings. The highest BCUT2D eigenvalue weighted by molar-refractivity contribution is 7.98. The van der Waals surface area contributed by atoms with Crippen molar-refractivity contribution in [1.82, 2.24) is 19.6 Å². The molecule has 0 saturated carbocycles. The average Bonchev–Trinajstić information content (AvgIpc) is 3.29. The molecule has 0 unspecified atom stereocenters. The van der Waals surface area contributed by atoms with E-state index in [1.54, 1.807) is 11.8 Å². The van der Waals surface area contributed by atoms with E-state index in [-0.39, 0.29) is 0 Å². The molecular formula is C26H18N4S. The van der Waals surface area contributed by atoms with Gasteiger partial charge in [-0.1, -0.05) is 96.7 Å². The van der Waals surface area contributed by atoms with Crippen molar-refractivity contribution in [2.45, 2.75) is 10.9 Å². The molecule has 2 heterocycles. The molecule has 31 heavy (non-hydrogen) atoms. The molecule has 6 aromatic rings. The Hall–Kier alpha value is -3.70. The van der Waals surface area contributed by atoms with Crippen LogP contribution in [0.15, 0.2) is 102 Å². The topological polar surface area (TPSA) is 43.1 Å². The van der Waals surface area contributed by atoms with Crippen molar-refractivity contribution in [2.75, 3.05) is 0 Å². The Bertz CT molecular complexity index is 1530. The Morgan fingerprint density at radius 1 is 0.677 bits per heavy atom. The summed E-state index contributed by atoms with van der Waals surface area (Å²) in [5.41, 5.74) is 4.06. The smallest absolute Gasteiger partial charge is 0.191 e. The van der Waals surface area contributed by atoms with Gasteiger partial charge in [-0.05, 0) is 28.5 Å². The van der Waals surface area contributed by atoms with Gasteiger partial charge in [-0.15, -0.1) is 5.10 Å². The maximum absolute atomic E-state index is 4.93. The summed E-state index contributed by atoms with van der Waals surface area (Å²) in [6.07, 6.45) is 0. The Labute approximate surface area is 183 Å². The molecule has 0 N–H and O–H groups in total. The van der Waals surface area contributed by atoms with Crippen LogP contribution < -0.4 is 0 Å². The van der Waals surface area contributed by atoms with E-state index in [9.17, 15) is 0 Å². The van der Waals surface area contributed by atoms with Gasteiger partial charge in [0.1, 0.15) is 0 Å². The fraction of sp³-hybridized carbons (Fsp3) is 0.0385. The second-order valence-corrected chi connectivity index (χ2v) is 8.32. The number of aromatic nitrogens is 4. The van der Waals surface area contributed by atoms with E-state index in [1.807, 2.05) is 53.0 Å². The predicted octanol–water partition coefficient (Wildman–Crippen LogP) is 6.39. The van der Waals surface area contributed by atoms with Crippen molar-refractivity contribution in [3.63, 3.8) is 0 Å². The molecule has 0 atom stereocenters. The van der Waals surface area contributed by atoms with Gasteiger partial charge in [-0.2, -0.15) is 4.52 Å². The Morgan fingerprint density at radius 3 is 2.32 bits per heavy atom. The van der Waals surface area contributed by atoms with E-state index in [4.69, 9.17) is 15.1 Å². The van der Waals surface area contributed by atoms with E-state index in [0.717, 1.165) is 33.0 Å². The fourth-order valence-corrected chi connectivity index (χ4v) is 4.84. The number of rotatable bonds is 4. The Balaban J connectivity index is 1.47. The van der Waals surface area contributed by atoms with Crippen molar-refractivity contribution in [3.8, 4) is 11.4 Å². The number of nitrogens with zero attached hydrogens (tertiary/aromatic N) is 4. The normalized spacial score (nSPS) is 11.5. The minimum atomic E-state index is 0.714. The number of hydrogen-bond donors (Lipinski definition) is 0. The van der Waals surface area contributed by atoms with Gasteiger partial charge in [0.05, 0.1) is 5.52 Å². The van der Waals surface area contributed by atoms with Crippen LogP contribution in [0.2, 0.25) is 0 Å². The molecule has 4 aromatic carbocycles. The highest BCUT2D eigenvalue weighted by Gasteiger charge is 2.15. The molecule has 6 rings (SSSR count). The molecule has 148 valence electrons. The lowest BCUT2D eigenvalue weighted by atomic mass is 10.1. The van der Waals surface area contributed by atoms with Crippen LogP contribution in [0, 0.1) is 0 Å². The van der Waals surface area contributed by atoms with E-state index in [2.05, 4.69) is 48.5 Å². The van der Waals surface area contributed by atoms with Crippen LogP contribution in [0.4, 0.5) is 0 Å². The van der Waals surface area contributed by atoms with E-state index >= 15 is 0 Å². The summed E-state index contributed by atoms with van der Waals surface area (Å²) in [4.78, 5) is 9.80. The monoisotopic (exact) mass is 418 g/mol. The zero-order valence-corrected chi connectivity index (χ0v) is 17.5. The SMILES string of the molecule is c1ccc(-c2nc3c4ccccc4nc(SCc4cccc5ccccc45)n3n2)cc1. The quantitative estimate of drug-likeness (QED) is 0.246. The highest BCUT2D eigenvalue weighted by atomic mass is 32.2. The summed E-state index contributed by atoms with van der Waals surface area (Å²) in [6, 6.07) is 33.2. The first-order valence-corrected chi connectivity index (χ1v) is 11.2. The molecule has 4 nitrogen and oxygen atoms in total. The molecule has 5 heteroatoms. The third-order valence-corrected chi connectivity index (χ3v) is 6.40. The molecule has 0 amide bonds. The highest BCUT2D eigenvalue weighted by Crippen LogP contribution is 2.30. The summed E-state index contributed by atoms with van der Waals surface area (Å²) >= 11 is 1.69. The summed E-state index contributed by atoms with van der Waals surface area (Å²) in [7, 11) is 0. The maximum atomic E-state index is 4.93. The second-order valence-electron chi connectivity index (χ2n) is 7.38. The van der Waals surface area contributed by atoms with Crippen LogP contribution in [0.5, 0.6) is 0 Å². The number of para-hydroxylation sites is 1. The van der Waals surface area contributed by atoms with Crippen LogP contribution in [0.25, 0.3) is 38.7 Å². The van der Waals surface area contributed by atoms with E-state index < -0.39 is 0 Å². The van der Waals surface area contributed by atoms with E-state index in [0.29, 0.717) is 5.82 Å². The molecule has 0 bridgehead atoms. The van der Waals surface area contributed by atoms with Crippen molar-refractivity contribution in [1.29, 1.82) is 0 Å². The first-order valence-electron chi connectivity index (χ1n) is 10.2. The lowest BCUT2D eigenvalue weighted by molar-refractivity contribution is 0.811. The molecule has 0 aliphatic heterocycles. The number of fused-ring (bicyclic) bond motifs is 4. The van der Waals surface area contributed by atoms with Crippen LogP contribution in [0.1, 0.15) is 5.56 Å². The van der Waals surface area contributed by atoms with Gasteiger partial charge in [0.25, 0.3) is 0 Å². The number of thioether (sulfide) groups is 1. The molecule has 0 radical (unpaired) electrons. The average molecular weight is 419 g/mol. The maximum Gasteiger partial charge on any atom is 0.191 e. The first-order chi connectivity index (χ1) is 15.4. The van der Waals surface area contributed by atoms with Gasteiger partial charge in [-0.3, -0.25) is 0 Å². The van der Waals surface area contributed by atoms with Gasteiger partial charge in [0, 0.05) is 16.7 Å². The minimum absolute atomic E-state index is 0.714. The lowest BCUT2D eigenvalue weighted by Gasteiger charge is -2.08. The van der Waals surface area contributed by atoms with Gasteiger partial charge >= 0.3 is 0 Å². The third-order valence-electron chi connectivity index (χ3n) is 5.42. The summed E-state index contributed by atoms with van der Waals surface area (Å²) < 4.78 is 1.89. The molecule has 0 aliphatic carbocycles. The molecular weight excluding hydrogens is 400 g/mol. The molecule has 0 saturated heterocycles. The van der Waals surface area contributed by atoms with Crippen molar-refractivity contribution >= 4 is 39.1 Å². The van der Waals surface area contributed by atoms with Crippen LogP contribution in [-0.2, 0) is 5.75 Å². The Morgan fingerprint density at radius 2 is 1.42 bits per heavy atom. The first kappa shape index (κ1) is 18.1. The summed E-state index contributed by atoms with van der Waals surface area (Å²) in [5, 5.41) is 9.21. The molecule has 0 spiro atoms. The van der Waals surface area contributed by atoms with Crippen LogP contribution in [0.3, 0.4) is 0 Å². The van der Waals surface area contributed by atoms with Crippen LogP contribution in [-0.4, -0.2) is 19.6 Å². The van der Waals surface area contributed by atoms with Gasteiger partial charge in [0.15, 0.2) is 16.6 Å². The van der Waals surface area contributed by atoms with Crippen LogP contribution >= 0.6 is 11.8 Å². The lowest BCUT2D eigenvalue weighted by Crippen LogP contribution is -1.98. The second kappa shape index (κ2) is 7.52. The zero-order chi connectivity index (χ0) is 20.6. The van der Waals surface area contributed by atoms with Gasteiger partial charge in [-0.25, -0.2) is 9.97 Å². The van der Waals surface area contributed by atoms with Crippen molar-refractivity contribution in [2.24, 2.45) is 0 Å². The van der Waals surface area contributed by atoms with Gasteiger partial charge < -0.3 is 0 Å². The summed E-state index contributed by atoms with van der Waals surface area (Å²) in [6.45, 7) is 0. The Kier molecular flexibility index (Phi) is 4.39. The van der Waals surface area contributed by atoms with E-state index in [1.165, 1.54) is 16.3 Å². The minimum Gasteiger partial charge on any atom is -0.222 e. The number of hydrogen-bond acceptors (Lipinski definition) is 4. The fourth-order valence-electron chi connectivity index (χ4n) is 3.89. The molecule has 2 aromatic heterocycles.